The summed E-state index contributed by atoms with van der Waals surface area (Å²) >= 11 is 5.72. The molecule has 0 atom stereocenters. The van der Waals surface area contributed by atoms with Gasteiger partial charge in [-0.1, -0.05) is 93.6 Å². The van der Waals surface area contributed by atoms with Gasteiger partial charge in [-0.15, -0.1) is 11.6 Å². The van der Waals surface area contributed by atoms with E-state index >= 15 is 0 Å². The van der Waals surface area contributed by atoms with Crippen LogP contribution in [0.5, 0.6) is 0 Å². The van der Waals surface area contributed by atoms with Gasteiger partial charge in [-0.2, -0.15) is 0 Å². The molecule has 0 spiro atoms. The van der Waals surface area contributed by atoms with E-state index in [0.717, 1.165) is 6.42 Å². The highest BCUT2D eigenvalue weighted by molar-refractivity contribution is 6.99. The number of alkyl halides is 1. The van der Waals surface area contributed by atoms with E-state index in [0.29, 0.717) is 12.5 Å². The predicted octanol–water partition coefficient (Wildman–Crippen LogP) is 4.75. The Morgan fingerprint density at radius 1 is 0.875 bits per heavy atom. The Labute approximate surface area is 152 Å². The van der Waals surface area contributed by atoms with Crippen molar-refractivity contribution < 1.29 is 4.43 Å². The van der Waals surface area contributed by atoms with Gasteiger partial charge >= 0.3 is 0 Å². The fraction of sp³-hybridized carbons (Fsp3) is 0.333. The molecule has 0 amide bonds. The van der Waals surface area contributed by atoms with E-state index in [1.54, 1.807) is 0 Å². The Kier molecular flexibility index (Phi) is 6.85. The molecule has 0 aliphatic carbocycles. The van der Waals surface area contributed by atoms with E-state index < -0.39 is 8.32 Å². The summed E-state index contributed by atoms with van der Waals surface area (Å²) in [6.45, 7) is 7.61. The van der Waals surface area contributed by atoms with Crippen molar-refractivity contribution >= 4 is 30.3 Å². The van der Waals surface area contributed by atoms with Crippen molar-refractivity contribution in [1.29, 1.82) is 0 Å². The molecule has 0 aliphatic heterocycles. The lowest BCUT2D eigenvalue weighted by atomic mass is 10.2. The molecule has 0 unspecified atom stereocenters. The molecular weight excluding hydrogens is 332 g/mol. The topological polar surface area (TPSA) is 9.23 Å². The van der Waals surface area contributed by atoms with E-state index in [4.69, 9.17) is 16.0 Å². The molecule has 3 heteroatoms. The van der Waals surface area contributed by atoms with Gasteiger partial charge in [0.25, 0.3) is 8.32 Å². The zero-order valence-corrected chi connectivity index (χ0v) is 16.6. The zero-order chi connectivity index (χ0) is 17.5. The maximum atomic E-state index is 6.76. The van der Waals surface area contributed by atoms with Gasteiger partial charge in [-0.3, -0.25) is 0 Å². The van der Waals surface area contributed by atoms with Crippen molar-refractivity contribution in [1.82, 2.24) is 0 Å². The van der Waals surface area contributed by atoms with Crippen molar-refractivity contribution in [3.05, 3.63) is 72.8 Å². The molecule has 0 heterocycles. The third-order valence-electron chi connectivity index (χ3n) is 4.28. The molecule has 0 N–H and O–H groups in total. The van der Waals surface area contributed by atoms with Crippen LogP contribution in [0.3, 0.4) is 0 Å². The number of hydrogen-bond donors (Lipinski definition) is 0. The largest absolute Gasteiger partial charge is 0.407 e. The van der Waals surface area contributed by atoms with Crippen LogP contribution in [0.4, 0.5) is 0 Å². The van der Waals surface area contributed by atoms with Gasteiger partial charge in [-0.05, 0) is 21.8 Å². The van der Waals surface area contributed by atoms with Gasteiger partial charge in [0, 0.05) is 12.5 Å². The average Bonchev–Trinajstić information content (AvgIpc) is 2.59. The Morgan fingerprint density at radius 3 is 1.79 bits per heavy atom. The molecule has 128 valence electrons. The van der Waals surface area contributed by atoms with E-state index in [9.17, 15) is 0 Å². The van der Waals surface area contributed by atoms with Crippen LogP contribution in [0.1, 0.15) is 27.2 Å². The van der Waals surface area contributed by atoms with Crippen LogP contribution in [-0.2, 0) is 4.43 Å². The Hall–Kier alpha value is -1.35. The fourth-order valence-corrected chi connectivity index (χ4v) is 7.93. The lowest BCUT2D eigenvalue weighted by molar-refractivity contribution is 0.304. The third kappa shape index (κ3) is 4.18. The number of rotatable bonds is 7. The summed E-state index contributed by atoms with van der Waals surface area (Å²) in [6, 6.07) is 21.5. The molecule has 0 aliphatic rings. The lowest BCUT2D eigenvalue weighted by Gasteiger charge is -2.43. The Morgan fingerprint density at radius 2 is 1.38 bits per heavy atom. The normalized spacial score (nSPS) is 12.7. The monoisotopic (exact) mass is 358 g/mol. The number of halogens is 1. The van der Waals surface area contributed by atoms with Gasteiger partial charge in [0.2, 0.25) is 0 Å². The van der Waals surface area contributed by atoms with Crippen molar-refractivity contribution in [3.63, 3.8) is 0 Å². The molecular formula is C21H27ClOSi. The minimum Gasteiger partial charge on any atom is -0.407 e. The van der Waals surface area contributed by atoms with Crippen LogP contribution >= 0.6 is 11.6 Å². The third-order valence-corrected chi connectivity index (χ3v) is 9.50. The minimum absolute atomic E-state index is 0.0336. The van der Waals surface area contributed by atoms with Crippen LogP contribution in [0.2, 0.25) is 5.04 Å². The Balaban J connectivity index is 2.47. The molecule has 0 radical (unpaired) electrons. The van der Waals surface area contributed by atoms with E-state index in [1.807, 2.05) is 6.08 Å². The standard InChI is InChI=1S/C21H27ClOSi/c1-21(2,3)24(19-13-7-4-8-14-19,20-15-9-5-10-16-20)23-18-12-6-11-17-22/h4-11,13-16H,12,17-18H2,1-3H3/b11-6+. The summed E-state index contributed by atoms with van der Waals surface area (Å²) in [6.07, 6.45) is 4.97. The van der Waals surface area contributed by atoms with Crippen molar-refractivity contribution in [2.75, 3.05) is 12.5 Å². The molecule has 2 rings (SSSR count). The first-order valence-corrected chi connectivity index (χ1v) is 10.9. The number of hydrogen-bond acceptors (Lipinski definition) is 1. The summed E-state index contributed by atoms with van der Waals surface area (Å²) in [5.41, 5.74) is 0. The lowest BCUT2D eigenvalue weighted by Crippen LogP contribution is -2.66. The van der Waals surface area contributed by atoms with Gasteiger partial charge in [0.15, 0.2) is 0 Å². The van der Waals surface area contributed by atoms with E-state index in [2.05, 4.69) is 87.5 Å². The molecule has 2 aromatic rings. The fourth-order valence-electron chi connectivity index (χ4n) is 3.22. The summed E-state index contributed by atoms with van der Waals surface area (Å²) in [4.78, 5) is 0. The smallest absolute Gasteiger partial charge is 0.261 e. The maximum Gasteiger partial charge on any atom is 0.261 e. The molecule has 2 aromatic carbocycles. The van der Waals surface area contributed by atoms with Crippen molar-refractivity contribution in [2.24, 2.45) is 0 Å². The SMILES string of the molecule is CC(C)(C)[Si](OCC/C=C/CCl)(c1ccccc1)c1ccccc1. The first-order valence-electron chi connectivity index (χ1n) is 8.48. The van der Waals surface area contributed by atoms with Gasteiger partial charge in [0.1, 0.15) is 0 Å². The number of allylic oxidation sites excluding steroid dienone is 1. The second kappa shape index (κ2) is 8.66. The predicted molar refractivity (Wildman–Crippen MR) is 108 cm³/mol. The zero-order valence-electron chi connectivity index (χ0n) is 14.8. The summed E-state index contributed by atoms with van der Waals surface area (Å²) in [7, 11) is -2.38. The highest BCUT2D eigenvalue weighted by Crippen LogP contribution is 2.36. The van der Waals surface area contributed by atoms with Crippen LogP contribution in [0.25, 0.3) is 0 Å². The van der Waals surface area contributed by atoms with Gasteiger partial charge in [0.05, 0.1) is 0 Å². The van der Waals surface area contributed by atoms with Crippen LogP contribution in [0, 0.1) is 0 Å². The quantitative estimate of drug-likeness (QED) is 0.300. The molecule has 0 bridgehead atoms. The van der Waals surface area contributed by atoms with Crippen molar-refractivity contribution in [2.45, 2.75) is 32.2 Å². The molecule has 0 aromatic heterocycles. The molecule has 0 fully saturated rings. The molecule has 1 nitrogen and oxygen atoms in total. The number of benzene rings is 2. The molecule has 24 heavy (non-hydrogen) atoms. The first kappa shape index (κ1) is 19.0. The van der Waals surface area contributed by atoms with E-state index in [-0.39, 0.29) is 5.04 Å². The second-order valence-corrected chi connectivity index (χ2v) is 11.5. The highest BCUT2D eigenvalue weighted by Gasteiger charge is 2.49. The van der Waals surface area contributed by atoms with Crippen LogP contribution < -0.4 is 10.4 Å². The van der Waals surface area contributed by atoms with Gasteiger partial charge in [-0.25, -0.2) is 0 Å². The molecule has 0 saturated heterocycles. The summed E-state index contributed by atoms with van der Waals surface area (Å²) in [5.74, 6) is 0.555. The summed E-state index contributed by atoms with van der Waals surface area (Å²) in [5, 5.41) is 2.68. The minimum atomic E-state index is -2.38. The second-order valence-electron chi connectivity index (χ2n) is 6.93. The van der Waals surface area contributed by atoms with E-state index in [1.165, 1.54) is 10.4 Å². The molecule has 0 saturated carbocycles. The van der Waals surface area contributed by atoms with Crippen LogP contribution in [0.15, 0.2) is 72.8 Å². The Bertz CT molecular complexity index is 592. The first-order chi connectivity index (χ1) is 11.5. The summed E-state index contributed by atoms with van der Waals surface area (Å²) < 4.78 is 6.76. The average molecular weight is 359 g/mol. The highest BCUT2D eigenvalue weighted by atomic mass is 35.5. The van der Waals surface area contributed by atoms with Crippen LogP contribution in [-0.4, -0.2) is 20.8 Å². The van der Waals surface area contributed by atoms with Gasteiger partial charge < -0.3 is 4.43 Å². The van der Waals surface area contributed by atoms with Crippen molar-refractivity contribution in [3.8, 4) is 0 Å². The maximum absolute atomic E-state index is 6.76.